The number of methoxy groups -OCH3 is 1. The molecular weight excluding hydrogens is 300 g/mol. The summed E-state index contributed by atoms with van der Waals surface area (Å²) in [4.78, 5) is 2.48. The van der Waals surface area contributed by atoms with Gasteiger partial charge in [-0.1, -0.05) is 13.8 Å². The molecule has 5 nitrogen and oxygen atoms in total. The SMILES string of the molecule is CCN(CC)CCCNS(=O)(=O)c1cc(C)c(C)cc1OC. The van der Waals surface area contributed by atoms with Crippen LogP contribution in [0.4, 0.5) is 0 Å². The van der Waals surface area contributed by atoms with Crippen molar-refractivity contribution < 1.29 is 13.2 Å². The Balaban J connectivity index is 2.77. The molecule has 0 aromatic heterocycles. The number of ether oxygens (including phenoxy) is 1. The van der Waals surface area contributed by atoms with E-state index in [1.165, 1.54) is 7.11 Å². The van der Waals surface area contributed by atoms with Gasteiger partial charge in [0.1, 0.15) is 10.6 Å². The lowest BCUT2D eigenvalue weighted by Crippen LogP contribution is -2.30. The fourth-order valence-electron chi connectivity index (χ4n) is 2.26. The van der Waals surface area contributed by atoms with Gasteiger partial charge in [-0.25, -0.2) is 13.1 Å². The standard InChI is InChI=1S/C16H28N2O3S/c1-6-18(7-2)10-8-9-17-22(19,20)16-12-14(4)13(3)11-15(16)21-5/h11-12,17H,6-10H2,1-5H3. The number of rotatable bonds is 9. The molecule has 0 unspecified atom stereocenters. The summed E-state index contributed by atoms with van der Waals surface area (Å²) >= 11 is 0. The number of hydrogen-bond donors (Lipinski definition) is 1. The van der Waals surface area contributed by atoms with Gasteiger partial charge in [-0.2, -0.15) is 0 Å². The highest BCUT2D eigenvalue weighted by Crippen LogP contribution is 2.27. The van der Waals surface area contributed by atoms with Crippen molar-refractivity contribution in [3.63, 3.8) is 0 Å². The third kappa shape index (κ3) is 4.97. The predicted octanol–water partition coefficient (Wildman–Crippen LogP) is 2.32. The first-order valence-electron chi connectivity index (χ1n) is 7.73. The van der Waals surface area contributed by atoms with Crippen molar-refractivity contribution in [1.82, 2.24) is 9.62 Å². The van der Waals surface area contributed by atoms with E-state index < -0.39 is 10.0 Å². The Kier molecular flexibility index (Phi) is 7.32. The van der Waals surface area contributed by atoms with E-state index >= 15 is 0 Å². The molecule has 1 N–H and O–H groups in total. The van der Waals surface area contributed by atoms with Crippen molar-refractivity contribution in [2.75, 3.05) is 33.3 Å². The Bertz CT molecular complexity index is 581. The van der Waals surface area contributed by atoms with Crippen molar-refractivity contribution in [1.29, 1.82) is 0 Å². The molecular formula is C16H28N2O3S. The summed E-state index contributed by atoms with van der Waals surface area (Å²) in [7, 11) is -2.06. The number of benzene rings is 1. The maximum Gasteiger partial charge on any atom is 0.244 e. The number of aryl methyl sites for hydroxylation is 2. The van der Waals surface area contributed by atoms with Crippen LogP contribution in [0.25, 0.3) is 0 Å². The molecule has 0 aliphatic rings. The minimum absolute atomic E-state index is 0.209. The van der Waals surface area contributed by atoms with Crippen LogP contribution in [0.5, 0.6) is 5.75 Å². The first-order valence-corrected chi connectivity index (χ1v) is 9.21. The molecule has 0 spiro atoms. The molecule has 1 rings (SSSR count). The monoisotopic (exact) mass is 328 g/mol. The third-order valence-corrected chi connectivity index (χ3v) is 5.39. The van der Waals surface area contributed by atoms with Crippen molar-refractivity contribution in [2.45, 2.75) is 39.0 Å². The lowest BCUT2D eigenvalue weighted by atomic mass is 10.1. The van der Waals surface area contributed by atoms with Crippen LogP contribution < -0.4 is 9.46 Å². The minimum Gasteiger partial charge on any atom is -0.495 e. The van der Waals surface area contributed by atoms with Crippen LogP contribution >= 0.6 is 0 Å². The molecule has 6 heteroatoms. The first kappa shape index (κ1) is 18.9. The summed E-state index contributed by atoms with van der Waals surface area (Å²) in [6, 6.07) is 3.43. The van der Waals surface area contributed by atoms with Gasteiger partial charge in [-0.05, 0) is 63.2 Å². The molecule has 0 saturated heterocycles. The van der Waals surface area contributed by atoms with Crippen molar-refractivity contribution in [3.8, 4) is 5.75 Å². The molecule has 0 bridgehead atoms. The van der Waals surface area contributed by atoms with Crippen molar-refractivity contribution in [2.24, 2.45) is 0 Å². The van der Waals surface area contributed by atoms with Crippen LogP contribution in [-0.4, -0.2) is 46.6 Å². The fourth-order valence-corrected chi connectivity index (χ4v) is 3.57. The third-order valence-electron chi connectivity index (χ3n) is 3.91. The second kappa shape index (κ2) is 8.50. The zero-order chi connectivity index (χ0) is 16.8. The largest absolute Gasteiger partial charge is 0.495 e. The van der Waals surface area contributed by atoms with Gasteiger partial charge in [-0.3, -0.25) is 0 Å². The summed E-state index contributed by atoms with van der Waals surface area (Å²) in [6.45, 7) is 11.3. The highest BCUT2D eigenvalue weighted by atomic mass is 32.2. The van der Waals surface area contributed by atoms with Crippen LogP contribution in [0, 0.1) is 13.8 Å². The van der Waals surface area contributed by atoms with Crippen LogP contribution in [0.3, 0.4) is 0 Å². The van der Waals surface area contributed by atoms with Crippen molar-refractivity contribution in [3.05, 3.63) is 23.3 Å². The highest BCUT2D eigenvalue weighted by Gasteiger charge is 2.20. The summed E-state index contributed by atoms with van der Waals surface area (Å²) in [5.41, 5.74) is 1.95. The number of nitrogens with zero attached hydrogens (tertiary/aromatic N) is 1. The highest BCUT2D eigenvalue weighted by molar-refractivity contribution is 7.89. The van der Waals surface area contributed by atoms with Crippen molar-refractivity contribution >= 4 is 10.0 Å². The molecule has 1 aromatic carbocycles. The van der Waals surface area contributed by atoms with Gasteiger partial charge in [0.2, 0.25) is 10.0 Å². The molecule has 0 heterocycles. The van der Waals surface area contributed by atoms with Crippen LogP contribution in [-0.2, 0) is 10.0 Å². The summed E-state index contributed by atoms with van der Waals surface area (Å²) in [5, 5.41) is 0. The van der Waals surface area contributed by atoms with Crippen LogP contribution in [0.1, 0.15) is 31.4 Å². The summed E-state index contributed by atoms with van der Waals surface area (Å²) in [5.74, 6) is 0.388. The molecule has 0 aliphatic heterocycles. The molecule has 22 heavy (non-hydrogen) atoms. The molecule has 0 atom stereocenters. The quantitative estimate of drug-likeness (QED) is 0.707. The predicted molar refractivity (Wildman–Crippen MR) is 90.1 cm³/mol. The maximum absolute atomic E-state index is 12.5. The molecule has 0 fully saturated rings. The van der Waals surface area contributed by atoms with E-state index in [1.54, 1.807) is 12.1 Å². The van der Waals surface area contributed by atoms with Gasteiger partial charge < -0.3 is 9.64 Å². The Morgan fingerprint density at radius 1 is 1.14 bits per heavy atom. The lowest BCUT2D eigenvalue weighted by Gasteiger charge is -2.18. The zero-order valence-corrected chi connectivity index (χ0v) is 15.1. The van der Waals surface area contributed by atoms with Crippen LogP contribution in [0.15, 0.2) is 17.0 Å². The van der Waals surface area contributed by atoms with Gasteiger partial charge in [0.05, 0.1) is 7.11 Å². The average molecular weight is 328 g/mol. The summed E-state index contributed by atoms with van der Waals surface area (Å²) in [6.07, 6.45) is 0.786. The topological polar surface area (TPSA) is 58.6 Å². The number of nitrogens with one attached hydrogen (secondary N) is 1. The van der Waals surface area contributed by atoms with Gasteiger partial charge in [0, 0.05) is 6.54 Å². The van der Waals surface area contributed by atoms with Gasteiger partial charge in [0.25, 0.3) is 0 Å². The Morgan fingerprint density at radius 3 is 2.27 bits per heavy atom. The molecule has 1 aromatic rings. The van der Waals surface area contributed by atoms with E-state index in [2.05, 4.69) is 23.5 Å². The Morgan fingerprint density at radius 2 is 1.73 bits per heavy atom. The van der Waals surface area contributed by atoms with Crippen LogP contribution in [0.2, 0.25) is 0 Å². The first-order chi connectivity index (χ1) is 10.4. The zero-order valence-electron chi connectivity index (χ0n) is 14.3. The molecule has 0 radical (unpaired) electrons. The molecule has 0 saturated carbocycles. The van der Waals surface area contributed by atoms with E-state index in [-0.39, 0.29) is 4.90 Å². The lowest BCUT2D eigenvalue weighted by molar-refractivity contribution is 0.300. The second-order valence-electron chi connectivity index (χ2n) is 5.37. The molecule has 126 valence electrons. The van der Waals surface area contributed by atoms with E-state index in [4.69, 9.17) is 4.74 Å². The van der Waals surface area contributed by atoms with E-state index in [0.717, 1.165) is 37.2 Å². The summed E-state index contributed by atoms with van der Waals surface area (Å²) < 4.78 is 32.8. The fraction of sp³-hybridized carbons (Fsp3) is 0.625. The van der Waals surface area contributed by atoms with Gasteiger partial charge in [0.15, 0.2) is 0 Å². The number of sulfonamides is 1. The average Bonchev–Trinajstić information content (AvgIpc) is 2.49. The van der Waals surface area contributed by atoms with E-state index in [1.807, 2.05) is 13.8 Å². The van der Waals surface area contributed by atoms with E-state index in [0.29, 0.717) is 12.3 Å². The van der Waals surface area contributed by atoms with Gasteiger partial charge in [-0.15, -0.1) is 0 Å². The minimum atomic E-state index is -3.55. The van der Waals surface area contributed by atoms with Gasteiger partial charge >= 0.3 is 0 Å². The maximum atomic E-state index is 12.5. The smallest absolute Gasteiger partial charge is 0.244 e. The molecule has 0 amide bonds. The van der Waals surface area contributed by atoms with E-state index in [9.17, 15) is 8.42 Å². The second-order valence-corrected chi connectivity index (χ2v) is 7.10. The Hall–Kier alpha value is -1.11. The molecule has 0 aliphatic carbocycles. The Labute approximate surface area is 134 Å². The number of hydrogen-bond acceptors (Lipinski definition) is 4. The normalized spacial score (nSPS) is 11.9.